The van der Waals surface area contributed by atoms with Crippen LogP contribution in [0.25, 0.3) is 23.1 Å². The fourth-order valence-electron chi connectivity index (χ4n) is 2.36. The van der Waals surface area contributed by atoms with Crippen LogP contribution in [0.5, 0.6) is 0 Å². The summed E-state index contributed by atoms with van der Waals surface area (Å²) in [6, 6.07) is 11.6. The average molecular weight is 317 g/mol. The molecule has 0 atom stereocenters. The lowest BCUT2D eigenvalue weighted by atomic mass is 10.1. The second kappa shape index (κ2) is 5.59. The Balaban J connectivity index is 2.10. The Kier molecular flexibility index (Phi) is 3.79. The minimum atomic E-state index is 0.637. The summed E-state index contributed by atoms with van der Waals surface area (Å²) in [5.74, 6) is 0.946. The molecule has 0 fully saturated rings. The van der Waals surface area contributed by atoms with Gasteiger partial charge in [-0.15, -0.1) is 0 Å². The summed E-state index contributed by atoms with van der Waals surface area (Å²) in [6.45, 7) is 4.05. The largest absolute Gasteiger partial charge is 0.460 e. The number of halogens is 2. The molecule has 0 unspecified atom stereocenters. The molecule has 0 saturated carbocycles. The van der Waals surface area contributed by atoms with Gasteiger partial charge < -0.3 is 4.42 Å². The number of benzene rings is 2. The molecule has 0 amide bonds. The highest BCUT2D eigenvalue weighted by atomic mass is 35.5. The van der Waals surface area contributed by atoms with Crippen LogP contribution in [0.2, 0.25) is 10.0 Å². The first-order valence-electron chi connectivity index (χ1n) is 6.68. The molecule has 0 bridgehead atoms. The molecule has 1 aromatic heterocycles. The molecule has 2 aromatic carbocycles. The van der Waals surface area contributed by atoms with Crippen molar-refractivity contribution in [2.45, 2.75) is 13.8 Å². The quantitative estimate of drug-likeness (QED) is 0.490. The van der Waals surface area contributed by atoms with Crippen molar-refractivity contribution in [3.8, 4) is 0 Å². The number of fused-ring (bicyclic) bond motifs is 1. The third kappa shape index (κ3) is 2.59. The summed E-state index contributed by atoms with van der Waals surface area (Å²) in [5.41, 5.74) is 3.90. The van der Waals surface area contributed by atoms with Crippen molar-refractivity contribution >= 4 is 46.3 Å². The van der Waals surface area contributed by atoms with Crippen molar-refractivity contribution in [3.05, 3.63) is 68.9 Å². The smallest absolute Gasteiger partial charge is 0.141 e. The highest BCUT2D eigenvalue weighted by Gasteiger charge is 2.09. The first-order chi connectivity index (χ1) is 10.1. The van der Waals surface area contributed by atoms with Crippen LogP contribution in [0, 0.1) is 13.8 Å². The highest BCUT2D eigenvalue weighted by Crippen LogP contribution is 2.30. The van der Waals surface area contributed by atoms with Gasteiger partial charge in [0.15, 0.2) is 0 Å². The average Bonchev–Trinajstić information content (AvgIpc) is 2.75. The van der Waals surface area contributed by atoms with E-state index in [0.717, 1.165) is 27.9 Å². The van der Waals surface area contributed by atoms with E-state index in [1.165, 1.54) is 5.56 Å². The minimum absolute atomic E-state index is 0.637. The van der Waals surface area contributed by atoms with Crippen LogP contribution in [0.1, 0.15) is 22.5 Å². The Morgan fingerprint density at radius 3 is 2.29 bits per heavy atom. The van der Waals surface area contributed by atoms with Crippen molar-refractivity contribution in [2.24, 2.45) is 0 Å². The SMILES string of the molecule is Cc1oc2c(C=Cc3c(Cl)cccc3Cl)cccc2c1C. The molecular formula is C18H14Cl2O. The van der Waals surface area contributed by atoms with Crippen LogP contribution in [-0.4, -0.2) is 0 Å². The van der Waals surface area contributed by atoms with Crippen molar-refractivity contribution in [2.75, 3.05) is 0 Å². The molecule has 1 nitrogen and oxygen atoms in total. The van der Waals surface area contributed by atoms with Crippen LogP contribution in [0.3, 0.4) is 0 Å². The Labute approximate surface area is 133 Å². The van der Waals surface area contributed by atoms with E-state index in [0.29, 0.717) is 10.0 Å². The molecule has 3 heteroatoms. The summed E-state index contributed by atoms with van der Waals surface area (Å²) in [4.78, 5) is 0. The van der Waals surface area contributed by atoms with Crippen molar-refractivity contribution in [1.82, 2.24) is 0 Å². The van der Waals surface area contributed by atoms with Gasteiger partial charge in [0.1, 0.15) is 11.3 Å². The van der Waals surface area contributed by atoms with Crippen LogP contribution in [-0.2, 0) is 0 Å². The van der Waals surface area contributed by atoms with E-state index >= 15 is 0 Å². The normalized spacial score (nSPS) is 11.6. The second-order valence-electron chi connectivity index (χ2n) is 4.98. The van der Waals surface area contributed by atoms with Crippen LogP contribution in [0.4, 0.5) is 0 Å². The molecule has 0 saturated heterocycles. The minimum Gasteiger partial charge on any atom is -0.460 e. The van der Waals surface area contributed by atoms with Gasteiger partial charge >= 0.3 is 0 Å². The first kappa shape index (κ1) is 14.2. The zero-order valence-corrected chi connectivity index (χ0v) is 13.3. The number of para-hydroxylation sites is 1. The molecule has 0 radical (unpaired) electrons. The van der Waals surface area contributed by atoms with Gasteiger partial charge in [0.2, 0.25) is 0 Å². The van der Waals surface area contributed by atoms with Crippen molar-refractivity contribution in [3.63, 3.8) is 0 Å². The van der Waals surface area contributed by atoms with Gasteiger partial charge in [-0.2, -0.15) is 0 Å². The predicted molar refractivity (Wildman–Crippen MR) is 91.1 cm³/mol. The predicted octanol–water partition coefficient (Wildman–Crippen LogP) is 6.53. The van der Waals surface area contributed by atoms with E-state index < -0.39 is 0 Å². The summed E-state index contributed by atoms with van der Waals surface area (Å²) >= 11 is 12.4. The van der Waals surface area contributed by atoms with Gasteiger partial charge in [-0.05, 0) is 31.5 Å². The van der Waals surface area contributed by atoms with Crippen LogP contribution in [0.15, 0.2) is 40.8 Å². The van der Waals surface area contributed by atoms with E-state index in [2.05, 4.69) is 13.0 Å². The maximum Gasteiger partial charge on any atom is 0.141 e. The van der Waals surface area contributed by atoms with E-state index in [1.807, 2.05) is 49.4 Å². The number of hydrogen-bond donors (Lipinski definition) is 0. The summed E-state index contributed by atoms with van der Waals surface area (Å²) in [6.07, 6.45) is 3.91. The Morgan fingerprint density at radius 1 is 0.905 bits per heavy atom. The lowest BCUT2D eigenvalue weighted by molar-refractivity contribution is 0.574. The fraction of sp³-hybridized carbons (Fsp3) is 0.111. The van der Waals surface area contributed by atoms with Gasteiger partial charge in [-0.1, -0.05) is 59.6 Å². The van der Waals surface area contributed by atoms with Gasteiger partial charge in [-0.25, -0.2) is 0 Å². The lowest BCUT2D eigenvalue weighted by Gasteiger charge is -2.01. The van der Waals surface area contributed by atoms with Crippen molar-refractivity contribution < 1.29 is 4.42 Å². The molecule has 3 rings (SSSR count). The molecule has 106 valence electrons. The lowest BCUT2D eigenvalue weighted by Crippen LogP contribution is -1.78. The zero-order chi connectivity index (χ0) is 15.0. The van der Waals surface area contributed by atoms with E-state index in [4.69, 9.17) is 27.6 Å². The third-order valence-electron chi connectivity index (χ3n) is 3.66. The van der Waals surface area contributed by atoms with Crippen molar-refractivity contribution in [1.29, 1.82) is 0 Å². The van der Waals surface area contributed by atoms with E-state index in [9.17, 15) is 0 Å². The molecule has 0 aliphatic carbocycles. The maximum absolute atomic E-state index is 6.18. The fourth-order valence-corrected chi connectivity index (χ4v) is 2.88. The van der Waals surface area contributed by atoms with Gasteiger partial charge in [0.25, 0.3) is 0 Å². The molecule has 1 heterocycles. The summed E-state index contributed by atoms with van der Waals surface area (Å²) in [7, 11) is 0. The standard InChI is InChI=1S/C18H14Cl2O/c1-11-12(2)21-18-13(5-3-6-14(11)18)9-10-15-16(19)7-4-8-17(15)20/h3-10H,1-2H3. The molecule has 21 heavy (non-hydrogen) atoms. The molecule has 3 aromatic rings. The number of aryl methyl sites for hydroxylation is 2. The van der Waals surface area contributed by atoms with Crippen LogP contribution >= 0.6 is 23.2 Å². The van der Waals surface area contributed by atoms with Gasteiger partial charge in [0, 0.05) is 26.6 Å². The zero-order valence-electron chi connectivity index (χ0n) is 11.8. The maximum atomic E-state index is 6.18. The van der Waals surface area contributed by atoms with Gasteiger partial charge in [0.05, 0.1) is 0 Å². The summed E-state index contributed by atoms with van der Waals surface area (Å²) in [5, 5.41) is 2.41. The number of furan rings is 1. The van der Waals surface area contributed by atoms with E-state index in [1.54, 1.807) is 0 Å². The number of rotatable bonds is 2. The number of hydrogen-bond acceptors (Lipinski definition) is 1. The molecular weight excluding hydrogens is 303 g/mol. The topological polar surface area (TPSA) is 13.1 Å². The highest BCUT2D eigenvalue weighted by molar-refractivity contribution is 6.37. The molecule has 0 spiro atoms. The Bertz CT molecular complexity index is 824. The first-order valence-corrected chi connectivity index (χ1v) is 7.44. The molecule has 0 N–H and O–H groups in total. The van der Waals surface area contributed by atoms with Gasteiger partial charge in [-0.3, -0.25) is 0 Å². The molecule has 0 aliphatic heterocycles. The Morgan fingerprint density at radius 2 is 1.57 bits per heavy atom. The van der Waals surface area contributed by atoms with Crippen LogP contribution < -0.4 is 0 Å². The molecule has 0 aliphatic rings. The second-order valence-corrected chi connectivity index (χ2v) is 5.79. The van der Waals surface area contributed by atoms with E-state index in [-0.39, 0.29) is 0 Å². The Hall–Kier alpha value is -1.70. The monoisotopic (exact) mass is 316 g/mol. The summed E-state index contributed by atoms with van der Waals surface area (Å²) < 4.78 is 5.86. The third-order valence-corrected chi connectivity index (χ3v) is 4.32.